The Hall–Kier alpha value is -1.36. The van der Waals surface area contributed by atoms with Gasteiger partial charge in [0.05, 0.1) is 18.6 Å². The third-order valence-electron chi connectivity index (χ3n) is 3.79. The summed E-state index contributed by atoms with van der Waals surface area (Å²) in [5, 5.41) is 1.97. The number of carbonyl (C=O) groups is 2. The standard InChI is InChI=1S/C15H21NO3S/c1-10(15(18)19-3)8-16(2)14(17)12-9-20-13-7-5-4-6-11(12)13/h9-10H,4-8H2,1-3H3. The van der Waals surface area contributed by atoms with E-state index in [2.05, 4.69) is 0 Å². The first-order valence-corrected chi connectivity index (χ1v) is 7.85. The van der Waals surface area contributed by atoms with Gasteiger partial charge in [-0.25, -0.2) is 0 Å². The summed E-state index contributed by atoms with van der Waals surface area (Å²) in [4.78, 5) is 26.9. The number of fused-ring (bicyclic) bond motifs is 1. The Morgan fingerprint density at radius 3 is 2.80 bits per heavy atom. The van der Waals surface area contributed by atoms with Crippen LogP contribution in [0.15, 0.2) is 5.38 Å². The van der Waals surface area contributed by atoms with Crippen LogP contribution in [0.3, 0.4) is 0 Å². The maximum Gasteiger partial charge on any atom is 0.310 e. The fourth-order valence-electron chi connectivity index (χ4n) is 2.65. The Balaban J connectivity index is 2.07. The minimum atomic E-state index is -0.302. The Bertz CT molecular complexity index is 509. The van der Waals surface area contributed by atoms with E-state index in [0.717, 1.165) is 24.8 Å². The SMILES string of the molecule is COC(=O)C(C)CN(C)C(=O)c1csc2c1CCCC2. The van der Waals surface area contributed by atoms with Crippen molar-refractivity contribution in [3.63, 3.8) is 0 Å². The topological polar surface area (TPSA) is 46.6 Å². The smallest absolute Gasteiger partial charge is 0.310 e. The fraction of sp³-hybridized carbons (Fsp3) is 0.600. The van der Waals surface area contributed by atoms with Gasteiger partial charge in [-0.05, 0) is 31.2 Å². The molecule has 0 saturated carbocycles. The van der Waals surface area contributed by atoms with Crippen molar-refractivity contribution in [3.05, 3.63) is 21.4 Å². The van der Waals surface area contributed by atoms with Gasteiger partial charge in [0, 0.05) is 23.8 Å². The number of amides is 1. The largest absolute Gasteiger partial charge is 0.469 e. The summed E-state index contributed by atoms with van der Waals surface area (Å²) >= 11 is 1.69. The minimum absolute atomic E-state index is 0.0140. The highest BCUT2D eigenvalue weighted by atomic mass is 32.1. The lowest BCUT2D eigenvalue weighted by Crippen LogP contribution is -2.34. The number of ether oxygens (including phenoxy) is 1. The molecule has 20 heavy (non-hydrogen) atoms. The number of esters is 1. The molecule has 0 radical (unpaired) electrons. The zero-order chi connectivity index (χ0) is 14.7. The molecular weight excluding hydrogens is 274 g/mol. The Morgan fingerprint density at radius 1 is 1.40 bits per heavy atom. The molecule has 0 aliphatic heterocycles. The molecule has 2 rings (SSSR count). The monoisotopic (exact) mass is 295 g/mol. The lowest BCUT2D eigenvalue weighted by atomic mass is 9.95. The van der Waals surface area contributed by atoms with Crippen molar-refractivity contribution in [3.8, 4) is 0 Å². The normalized spacial score (nSPS) is 15.3. The van der Waals surface area contributed by atoms with Gasteiger partial charge in [-0.2, -0.15) is 0 Å². The lowest BCUT2D eigenvalue weighted by molar-refractivity contribution is -0.145. The van der Waals surface area contributed by atoms with Gasteiger partial charge < -0.3 is 9.64 Å². The molecular formula is C15H21NO3S. The highest BCUT2D eigenvalue weighted by Gasteiger charge is 2.24. The van der Waals surface area contributed by atoms with Crippen LogP contribution < -0.4 is 0 Å². The maximum atomic E-state index is 12.5. The summed E-state index contributed by atoms with van der Waals surface area (Å²) in [5.74, 6) is -0.569. The number of carbonyl (C=O) groups excluding carboxylic acids is 2. The lowest BCUT2D eigenvalue weighted by Gasteiger charge is -2.21. The number of hydrogen-bond acceptors (Lipinski definition) is 4. The van der Waals surface area contributed by atoms with Crippen LogP contribution in [0.25, 0.3) is 0 Å². The zero-order valence-corrected chi connectivity index (χ0v) is 13.1. The van der Waals surface area contributed by atoms with Crippen LogP contribution in [-0.2, 0) is 22.4 Å². The van der Waals surface area contributed by atoms with E-state index in [4.69, 9.17) is 4.74 Å². The molecule has 0 saturated heterocycles. The number of hydrogen-bond donors (Lipinski definition) is 0. The number of methoxy groups -OCH3 is 1. The third kappa shape index (κ3) is 3.03. The van der Waals surface area contributed by atoms with Gasteiger partial charge >= 0.3 is 5.97 Å². The predicted octanol–water partition coefficient (Wildman–Crippen LogP) is 2.51. The first kappa shape index (κ1) is 15.0. The molecule has 0 bridgehead atoms. The van der Waals surface area contributed by atoms with Crippen molar-refractivity contribution >= 4 is 23.2 Å². The molecule has 1 heterocycles. The van der Waals surface area contributed by atoms with E-state index in [1.165, 1.54) is 24.0 Å². The Kier molecular flexibility index (Phi) is 4.81. The quantitative estimate of drug-likeness (QED) is 0.802. The van der Waals surface area contributed by atoms with Gasteiger partial charge in [0.1, 0.15) is 0 Å². The second-order valence-corrected chi connectivity index (χ2v) is 6.33. The number of thiophene rings is 1. The van der Waals surface area contributed by atoms with E-state index < -0.39 is 0 Å². The van der Waals surface area contributed by atoms with Gasteiger partial charge in [0.2, 0.25) is 0 Å². The number of rotatable bonds is 4. The van der Waals surface area contributed by atoms with Gasteiger partial charge in [-0.1, -0.05) is 6.92 Å². The molecule has 1 atom stereocenters. The summed E-state index contributed by atoms with van der Waals surface area (Å²) < 4.78 is 4.70. The van der Waals surface area contributed by atoms with E-state index in [1.54, 1.807) is 30.2 Å². The molecule has 0 fully saturated rings. The molecule has 1 unspecified atom stereocenters. The molecule has 0 N–H and O–H groups in total. The van der Waals surface area contributed by atoms with Crippen molar-refractivity contribution in [1.82, 2.24) is 4.90 Å². The molecule has 1 aliphatic rings. The van der Waals surface area contributed by atoms with Crippen molar-refractivity contribution in [2.45, 2.75) is 32.6 Å². The summed E-state index contributed by atoms with van der Waals surface area (Å²) in [7, 11) is 3.12. The molecule has 1 aromatic rings. The van der Waals surface area contributed by atoms with Crippen LogP contribution in [0.2, 0.25) is 0 Å². The van der Waals surface area contributed by atoms with E-state index in [0.29, 0.717) is 6.54 Å². The van der Waals surface area contributed by atoms with Crippen LogP contribution in [0.1, 0.15) is 40.6 Å². The zero-order valence-electron chi connectivity index (χ0n) is 12.3. The molecule has 110 valence electrons. The summed E-state index contributed by atoms with van der Waals surface area (Å²) in [6.45, 7) is 2.16. The van der Waals surface area contributed by atoms with Crippen molar-refractivity contribution in [2.24, 2.45) is 5.92 Å². The van der Waals surface area contributed by atoms with Crippen molar-refractivity contribution in [1.29, 1.82) is 0 Å². The van der Waals surface area contributed by atoms with E-state index in [9.17, 15) is 9.59 Å². The van der Waals surface area contributed by atoms with E-state index in [1.807, 2.05) is 5.38 Å². The Morgan fingerprint density at radius 2 is 2.10 bits per heavy atom. The minimum Gasteiger partial charge on any atom is -0.469 e. The van der Waals surface area contributed by atoms with Gasteiger partial charge in [-0.15, -0.1) is 11.3 Å². The van der Waals surface area contributed by atoms with Crippen molar-refractivity contribution in [2.75, 3.05) is 20.7 Å². The highest BCUT2D eigenvalue weighted by Crippen LogP contribution is 2.30. The molecule has 1 amide bonds. The molecule has 0 aromatic carbocycles. The van der Waals surface area contributed by atoms with Crippen LogP contribution in [0.5, 0.6) is 0 Å². The number of aryl methyl sites for hydroxylation is 1. The van der Waals surface area contributed by atoms with Crippen LogP contribution in [0.4, 0.5) is 0 Å². The molecule has 0 spiro atoms. The summed E-state index contributed by atoms with van der Waals surface area (Å²) in [6, 6.07) is 0. The second-order valence-electron chi connectivity index (χ2n) is 5.37. The highest BCUT2D eigenvalue weighted by molar-refractivity contribution is 7.10. The fourth-order valence-corrected chi connectivity index (χ4v) is 3.77. The Labute approximate surface area is 123 Å². The predicted molar refractivity (Wildman–Crippen MR) is 79.1 cm³/mol. The first-order chi connectivity index (χ1) is 9.54. The average molecular weight is 295 g/mol. The van der Waals surface area contributed by atoms with E-state index >= 15 is 0 Å². The average Bonchev–Trinajstić information content (AvgIpc) is 2.89. The third-order valence-corrected chi connectivity index (χ3v) is 4.88. The van der Waals surface area contributed by atoms with Gasteiger partial charge in [-0.3, -0.25) is 9.59 Å². The summed E-state index contributed by atoms with van der Waals surface area (Å²) in [6.07, 6.45) is 4.47. The maximum absolute atomic E-state index is 12.5. The second kappa shape index (κ2) is 6.39. The molecule has 5 heteroatoms. The van der Waals surface area contributed by atoms with Gasteiger partial charge in [0.15, 0.2) is 0 Å². The van der Waals surface area contributed by atoms with Gasteiger partial charge in [0.25, 0.3) is 5.91 Å². The molecule has 1 aromatic heterocycles. The van der Waals surface area contributed by atoms with Crippen molar-refractivity contribution < 1.29 is 14.3 Å². The van der Waals surface area contributed by atoms with Crippen LogP contribution >= 0.6 is 11.3 Å². The summed E-state index contributed by atoms with van der Waals surface area (Å²) in [5.41, 5.74) is 2.05. The van der Waals surface area contributed by atoms with Crippen LogP contribution in [-0.4, -0.2) is 37.5 Å². The van der Waals surface area contributed by atoms with E-state index in [-0.39, 0.29) is 17.8 Å². The van der Waals surface area contributed by atoms with Crippen LogP contribution in [0, 0.1) is 5.92 Å². The molecule has 4 nitrogen and oxygen atoms in total. The first-order valence-electron chi connectivity index (χ1n) is 6.97. The molecule has 1 aliphatic carbocycles. The number of nitrogens with zero attached hydrogens (tertiary/aromatic N) is 1.